The Morgan fingerprint density at radius 1 is 1.22 bits per heavy atom. The summed E-state index contributed by atoms with van der Waals surface area (Å²) in [5.41, 5.74) is 0.721. The van der Waals surface area contributed by atoms with E-state index in [1.807, 2.05) is 24.3 Å². The molecule has 3 N–H and O–H groups in total. The van der Waals surface area contributed by atoms with Gasteiger partial charge in [-0.3, -0.25) is 9.13 Å². The predicted octanol–water partition coefficient (Wildman–Crippen LogP) is -0.565. The van der Waals surface area contributed by atoms with Gasteiger partial charge in [0.1, 0.15) is 24.9 Å². The molecule has 1 aromatic carbocycles. The molecule has 10 heteroatoms. The number of aromatic nitrogens is 2. The molecular weight excluding hydrogens is 469 g/mol. The van der Waals surface area contributed by atoms with E-state index < -0.39 is 36.8 Å². The fourth-order valence-electron chi connectivity index (χ4n) is 2.74. The van der Waals surface area contributed by atoms with Crippen LogP contribution in [0.25, 0.3) is 0 Å². The molecule has 0 saturated carbocycles. The van der Waals surface area contributed by atoms with Crippen LogP contribution >= 0.6 is 22.6 Å². The Labute approximate surface area is 168 Å². The SMILES string of the molecule is Cn1c(=NOCc2ccc(I)cc2)ccn([C@@H]2O[C@H](CO)[C@@H](O)[C@H]2O)c1=O. The van der Waals surface area contributed by atoms with Gasteiger partial charge in [-0.25, -0.2) is 4.79 Å². The van der Waals surface area contributed by atoms with Crippen LogP contribution in [0.5, 0.6) is 0 Å². The van der Waals surface area contributed by atoms with E-state index in [2.05, 4.69) is 27.7 Å². The lowest BCUT2D eigenvalue weighted by atomic mass is 10.1. The van der Waals surface area contributed by atoms with Crippen molar-refractivity contribution in [2.45, 2.75) is 31.1 Å². The van der Waals surface area contributed by atoms with E-state index in [1.165, 1.54) is 23.9 Å². The van der Waals surface area contributed by atoms with E-state index in [0.717, 1.165) is 13.7 Å². The van der Waals surface area contributed by atoms with Gasteiger partial charge >= 0.3 is 5.69 Å². The van der Waals surface area contributed by atoms with Crippen LogP contribution in [0.15, 0.2) is 46.5 Å². The average Bonchev–Trinajstić information content (AvgIpc) is 2.95. The van der Waals surface area contributed by atoms with Crippen molar-refractivity contribution in [2.24, 2.45) is 12.2 Å². The standard InChI is InChI=1S/C17H20IN3O6/c1-20-13(19-26-9-10-2-4-11(18)5-3-10)6-7-21(17(20)25)16-15(24)14(23)12(8-22)27-16/h2-7,12,14-16,22-24H,8-9H2,1H3/t12-,14-,15-,16-/m1/s1. The summed E-state index contributed by atoms with van der Waals surface area (Å²) < 4.78 is 8.88. The minimum absolute atomic E-state index is 0.259. The first-order valence-corrected chi connectivity index (χ1v) is 9.31. The summed E-state index contributed by atoms with van der Waals surface area (Å²) in [6.07, 6.45) is -3.27. The Morgan fingerprint density at radius 2 is 1.93 bits per heavy atom. The second kappa shape index (κ2) is 8.52. The highest BCUT2D eigenvalue weighted by Gasteiger charge is 2.43. The highest BCUT2D eigenvalue weighted by atomic mass is 127. The molecule has 0 radical (unpaired) electrons. The molecule has 0 amide bonds. The Bertz CT molecular complexity index is 910. The van der Waals surface area contributed by atoms with Gasteiger partial charge in [-0.2, -0.15) is 0 Å². The van der Waals surface area contributed by atoms with Gasteiger partial charge in [0.15, 0.2) is 11.7 Å². The Hall–Kier alpha value is -1.73. The van der Waals surface area contributed by atoms with Crippen molar-refractivity contribution in [1.82, 2.24) is 9.13 Å². The summed E-state index contributed by atoms with van der Waals surface area (Å²) in [7, 11) is 1.51. The third-order valence-electron chi connectivity index (χ3n) is 4.33. The molecule has 0 spiro atoms. The predicted molar refractivity (Wildman–Crippen MR) is 102 cm³/mol. The normalized spacial score (nSPS) is 25.7. The van der Waals surface area contributed by atoms with E-state index in [-0.39, 0.29) is 12.1 Å². The number of aliphatic hydroxyl groups excluding tert-OH is 3. The third-order valence-corrected chi connectivity index (χ3v) is 5.05. The maximum atomic E-state index is 12.6. The van der Waals surface area contributed by atoms with Crippen molar-refractivity contribution in [3.05, 3.63) is 61.6 Å². The van der Waals surface area contributed by atoms with Crippen LogP contribution in [0, 0.1) is 3.57 Å². The molecule has 1 aromatic heterocycles. The zero-order valence-corrected chi connectivity index (χ0v) is 16.6. The molecule has 2 heterocycles. The second-order valence-electron chi connectivity index (χ2n) is 6.14. The number of nitrogens with zero attached hydrogens (tertiary/aromatic N) is 3. The topological polar surface area (TPSA) is 118 Å². The van der Waals surface area contributed by atoms with Crippen LogP contribution in [0.2, 0.25) is 0 Å². The number of hydrogen-bond acceptors (Lipinski definition) is 7. The smallest absolute Gasteiger partial charge is 0.331 e. The number of rotatable bonds is 5. The molecule has 4 atom stereocenters. The summed E-state index contributed by atoms with van der Waals surface area (Å²) in [6.45, 7) is -0.204. The van der Waals surface area contributed by atoms with Gasteiger partial charge < -0.3 is 24.9 Å². The Morgan fingerprint density at radius 3 is 2.56 bits per heavy atom. The highest BCUT2D eigenvalue weighted by Crippen LogP contribution is 2.27. The fourth-order valence-corrected chi connectivity index (χ4v) is 3.10. The van der Waals surface area contributed by atoms with Crippen LogP contribution in [-0.4, -0.2) is 49.4 Å². The van der Waals surface area contributed by atoms with Crippen molar-refractivity contribution < 1.29 is 24.9 Å². The van der Waals surface area contributed by atoms with E-state index in [0.29, 0.717) is 0 Å². The van der Waals surface area contributed by atoms with Crippen molar-refractivity contribution >= 4 is 22.6 Å². The van der Waals surface area contributed by atoms with Crippen LogP contribution in [0.1, 0.15) is 11.8 Å². The summed E-state index contributed by atoms with van der Waals surface area (Å²) in [6, 6.07) is 9.31. The van der Waals surface area contributed by atoms with Gasteiger partial charge in [-0.05, 0) is 40.3 Å². The highest BCUT2D eigenvalue weighted by molar-refractivity contribution is 14.1. The summed E-state index contributed by atoms with van der Waals surface area (Å²) in [4.78, 5) is 17.9. The number of hydrogen-bond donors (Lipinski definition) is 3. The average molecular weight is 489 g/mol. The molecule has 0 unspecified atom stereocenters. The van der Waals surface area contributed by atoms with Gasteiger partial charge in [0.25, 0.3) is 0 Å². The molecule has 1 aliphatic rings. The molecule has 1 saturated heterocycles. The number of ether oxygens (including phenoxy) is 1. The van der Waals surface area contributed by atoms with Gasteiger partial charge in [0, 0.05) is 22.9 Å². The minimum Gasteiger partial charge on any atom is -0.394 e. The van der Waals surface area contributed by atoms with Crippen molar-refractivity contribution in [2.75, 3.05) is 6.61 Å². The maximum Gasteiger partial charge on any atom is 0.331 e. The molecule has 3 rings (SSSR count). The Kier molecular flexibility index (Phi) is 6.32. The van der Waals surface area contributed by atoms with E-state index >= 15 is 0 Å². The van der Waals surface area contributed by atoms with Gasteiger partial charge in [-0.1, -0.05) is 17.3 Å². The summed E-state index contributed by atoms with van der Waals surface area (Å²) in [5.74, 6) is 0. The van der Waals surface area contributed by atoms with Crippen LogP contribution in [0.4, 0.5) is 0 Å². The summed E-state index contributed by atoms with van der Waals surface area (Å²) >= 11 is 2.21. The number of benzene rings is 1. The third kappa shape index (κ3) is 4.24. The molecule has 2 aromatic rings. The van der Waals surface area contributed by atoms with Crippen LogP contribution in [0.3, 0.4) is 0 Å². The first kappa shape index (κ1) is 20.0. The second-order valence-corrected chi connectivity index (χ2v) is 7.39. The molecule has 27 heavy (non-hydrogen) atoms. The molecule has 9 nitrogen and oxygen atoms in total. The number of halogens is 1. The van der Waals surface area contributed by atoms with Crippen LogP contribution in [-0.2, 0) is 23.2 Å². The zero-order chi connectivity index (χ0) is 19.6. The molecule has 1 fully saturated rings. The van der Waals surface area contributed by atoms with Crippen molar-refractivity contribution in [3.8, 4) is 0 Å². The largest absolute Gasteiger partial charge is 0.394 e. The van der Waals surface area contributed by atoms with Gasteiger partial charge in [0.2, 0.25) is 0 Å². The fraction of sp³-hybridized carbons (Fsp3) is 0.412. The van der Waals surface area contributed by atoms with Crippen molar-refractivity contribution in [3.63, 3.8) is 0 Å². The molecule has 0 bridgehead atoms. The van der Waals surface area contributed by atoms with E-state index in [1.54, 1.807) is 0 Å². The molecule has 0 aliphatic carbocycles. The van der Waals surface area contributed by atoms with Crippen LogP contribution < -0.4 is 11.2 Å². The Balaban J connectivity index is 1.79. The monoisotopic (exact) mass is 489 g/mol. The van der Waals surface area contributed by atoms with Crippen molar-refractivity contribution in [1.29, 1.82) is 0 Å². The molecule has 146 valence electrons. The molecular formula is C17H20IN3O6. The lowest BCUT2D eigenvalue weighted by Gasteiger charge is -2.18. The quantitative estimate of drug-likeness (QED) is 0.383. The molecule has 1 aliphatic heterocycles. The minimum atomic E-state index is -1.33. The number of aliphatic hydroxyl groups is 3. The van der Waals surface area contributed by atoms with Gasteiger partial charge in [-0.15, -0.1) is 0 Å². The summed E-state index contributed by atoms with van der Waals surface area (Å²) in [5, 5.41) is 33.1. The lowest BCUT2D eigenvalue weighted by molar-refractivity contribution is -0.0555. The van der Waals surface area contributed by atoms with Gasteiger partial charge in [0.05, 0.1) is 6.61 Å². The zero-order valence-electron chi connectivity index (χ0n) is 14.5. The first-order valence-electron chi connectivity index (χ1n) is 8.23. The van der Waals surface area contributed by atoms with E-state index in [4.69, 9.17) is 9.57 Å². The lowest BCUT2D eigenvalue weighted by Crippen LogP contribution is -2.42. The maximum absolute atomic E-state index is 12.6. The first-order chi connectivity index (χ1) is 12.9. The van der Waals surface area contributed by atoms with E-state index in [9.17, 15) is 20.1 Å².